The minimum Gasteiger partial charge on any atom is -0.505 e. The summed E-state index contributed by atoms with van der Waals surface area (Å²) in [5.41, 5.74) is -5.70. The zero-order chi connectivity index (χ0) is 98.2. The van der Waals surface area contributed by atoms with Gasteiger partial charge in [-0.1, -0.05) is 13.8 Å². The van der Waals surface area contributed by atoms with Crippen LogP contribution >= 0.6 is 0 Å². The molecule has 11 amide bonds. The lowest BCUT2D eigenvalue weighted by atomic mass is 9.89. The van der Waals surface area contributed by atoms with Crippen LogP contribution in [0.2, 0.25) is 0 Å². The van der Waals surface area contributed by atoms with Gasteiger partial charge in [-0.3, -0.25) is 57.5 Å². The number of cyclic esters (lactones) is 1. The maximum absolute atomic E-state index is 14.7. The van der Waals surface area contributed by atoms with E-state index in [1.165, 1.54) is 65.3 Å². The van der Waals surface area contributed by atoms with E-state index in [2.05, 4.69) is 68.1 Å². The zero-order valence-corrected chi connectivity index (χ0v) is 70.4. The molecule has 36 nitrogen and oxygen atoms in total. The van der Waals surface area contributed by atoms with Gasteiger partial charge in [0, 0.05) is 87.8 Å². The highest BCUT2D eigenvalue weighted by molar-refractivity contribution is 6.01. The van der Waals surface area contributed by atoms with Gasteiger partial charge in [0.05, 0.1) is 84.5 Å². The van der Waals surface area contributed by atoms with Crippen molar-refractivity contribution in [1.29, 1.82) is 0 Å². The highest BCUT2D eigenvalue weighted by Crippen LogP contribution is 2.33. The van der Waals surface area contributed by atoms with Gasteiger partial charge in [-0.15, -0.1) is 0 Å². The SMILES string of the molecule is C[C@H]1NC(=O)C(C2CCO2)N(C)C(=O)[C@H](C)[C@H](O)[C@H](Cc2c(F)c(F)c(F)c(F)c2F)NC(=O)[C@H]1NC(=O)c1ncccc1O.C[C@H]1NC(=O)C(C2CCO2)NC(=O)[C@H](C)[C@H](O)[C@H](Cc2c(F)c(F)c(F)c(F)c2F)NC(=O)[C@H]1NC(=O)c1ncccc1O.C[C@H]1NC(=O)C(C2CCO2)OC(=O)[C@H](C)[C@H](O)[C@H](Cc2c(F)c(F)c(F)c(F)c2F)NC(=O)[C@H]1NC(=O)c1ncccc1O. The quantitative estimate of drug-likeness (QED) is 0.0296. The fraction of sp³-hybridized carbons (Fsp3) is 0.451. The molecule has 6 unspecified atom stereocenters. The first kappa shape index (κ1) is 102. The Morgan fingerprint density at radius 1 is 0.383 bits per heavy atom. The van der Waals surface area contributed by atoms with E-state index in [9.17, 15) is 154 Å². The predicted octanol–water partition coefficient (Wildman–Crippen LogP) is 1.06. The van der Waals surface area contributed by atoms with Gasteiger partial charge < -0.3 is 108 Å². The number of amides is 11. The number of likely N-dealkylation sites (N-methyl/N-ethyl adjacent to an activating group) is 1. The summed E-state index contributed by atoms with van der Waals surface area (Å²) in [4.78, 5) is 171. The van der Waals surface area contributed by atoms with Crippen molar-refractivity contribution in [3.05, 3.63) is 176 Å². The number of halogens is 15. The number of benzene rings is 3. The number of aromatic nitrogens is 3. The second-order valence-corrected chi connectivity index (χ2v) is 31.6. The maximum Gasteiger partial charge on any atom is 0.312 e. The molecule has 16 N–H and O–H groups in total. The first-order valence-corrected chi connectivity index (χ1v) is 40.4. The van der Waals surface area contributed by atoms with Gasteiger partial charge in [-0.05, 0) is 76.9 Å². The molecule has 9 heterocycles. The van der Waals surface area contributed by atoms with Crippen molar-refractivity contribution in [3.63, 3.8) is 0 Å². The molecule has 6 aromatic rings. The van der Waals surface area contributed by atoms with Gasteiger partial charge in [-0.2, -0.15) is 0 Å². The molecule has 6 aliphatic rings. The van der Waals surface area contributed by atoms with Crippen molar-refractivity contribution in [1.82, 2.24) is 73.0 Å². The molecule has 3 aromatic heterocycles. The number of aliphatic hydroxyl groups excluding tert-OH is 3. The molecule has 133 heavy (non-hydrogen) atoms. The Labute approximate surface area is 741 Å². The molecule has 0 aliphatic carbocycles. The van der Waals surface area contributed by atoms with Crippen LogP contribution in [-0.4, -0.2) is 257 Å². The Kier molecular flexibility index (Phi) is 33.0. The lowest BCUT2D eigenvalue weighted by Crippen LogP contribution is -2.66. The highest BCUT2D eigenvalue weighted by atomic mass is 19.2. The molecule has 3 aromatic carbocycles. The minimum absolute atomic E-state index is 0.235. The summed E-state index contributed by atoms with van der Waals surface area (Å²) in [6.07, 6.45) is -9.26. The third-order valence-corrected chi connectivity index (χ3v) is 22.8. The van der Waals surface area contributed by atoms with Crippen molar-refractivity contribution < 1.29 is 173 Å². The molecule has 0 spiro atoms. The Morgan fingerprint density at radius 3 is 0.985 bits per heavy atom. The summed E-state index contributed by atoms with van der Waals surface area (Å²) in [5, 5.41) is 86.9. The number of pyridine rings is 3. The summed E-state index contributed by atoms with van der Waals surface area (Å²) >= 11 is 0. The van der Waals surface area contributed by atoms with Crippen molar-refractivity contribution in [2.75, 3.05) is 26.9 Å². The summed E-state index contributed by atoms with van der Waals surface area (Å²) in [7, 11) is 1.24. The number of esters is 1. The Bertz CT molecular complexity index is 5200. The molecule has 6 saturated heterocycles. The number of carbonyl (C=O) groups excluding carboxylic acids is 12. The van der Waals surface area contributed by atoms with Gasteiger partial charge in [0.2, 0.25) is 64.9 Å². The lowest BCUT2D eigenvalue weighted by molar-refractivity contribution is -0.184. The smallest absolute Gasteiger partial charge is 0.312 e. The summed E-state index contributed by atoms with van der Waals surface area (Å²) in [6.45, 7) is 8.03. The van der Waals surface area contributed by atoms with Crippen molar-refractivity contribution >= 4 is 70.9 Å². The van der Waals surface area contributed by atoms with Gasteiger partial charge in [-0.25, -0.2) is 80.8 Å². The Balaban J connectivity index is 0.000000207. The molecule has 720 valence electrons. The molecule has 0 saturated carbocycles. The fourth-order valence-corrected chi connectivity index (χ4v) is 14.7. The normalized spacial score (nSPS) is 28.0. The van der Waals surface area contributed by atoms with Gasteiger partial charge in [0.25, 0.3) is 23.6 Å². The van der Waals surface area contributed by atoms with Crippen LogP contribution in [0.1, 0.15) is 109 Å². The molecular weight excluding hydrogens is 1820 g/mol. The fourth-order valence-electron chi connectivity index (χ4n) is 14.7. The first-order chi connectivity index (χ1) is 62.6. The van der Waals surface area contributed by atoms with E-state index in [-0.39, 0.29) is 19.8 Å². The van der Waals surface area contributed by atoms with Crippen molar-refractivity contribution in [2.45, 2.75) is 189 Å². The van der Waals surface area contributed by atoms with E-state index in [1.807, 2.05) is 0 Å². The Morgan fingerprint density at radius 2 is 0.677 bits per heavy atom. The van der Waals surface area contributed by atoms with E-state index in [0.29, 0.717) is 19.3 Å². The predicted molar refractivity (Wildman–Crippen MR) is 417 cm³/mol. The average Bonchev–Trinajstić information content (AvgIpc) is 0.776. The number of ether oxygens (including phenoxy) is 4. The van der Waals surface area contributed by atoms with Crippen LogP contribution < -0.4 is 53.2 Å². The molecule has 0 radical (unpaired) electrons. The number of nitrogens with one attached hydrogen (secondary N) is 10. The number of hydrogen-bond donors (Lipinski definition) is 16. The number of carbonyl (C=O) groups is 12. The van der Waals surface area contributed by atoms with Gasteiger partial charge >= 0.3 is 5.97 Å². The third kappa shape index (κ3) is 22.3. The second kappa shape index (κ2) is 43.0. The van der Waals surface area contributed by atoms with Gasteiger partial charge in [0.15, 0.2) is 86.9 Å². The topological polar surface area (TPSA) is 525 Å². The Hall–Kier alpha value is -13.1. The van der Waals surface area contributed by atoms with Crippen LogP contribution in [0.3, 0.4) is 0 Å². The number of aromatic hydroxyl groups is 3. The van der Waals surface area contributed by atoms with E-state index < -0.39 is 355 Å². The number of aliphatic hydroxyl groups is 3. The average molecular weight is 1900 g/mol. The highest BCUT2D eigenvalue weighted by Gasteiger charge is 2.50. The largest absolute Gasteiger partial charge is 0.505 e. The standard InChI is InChI=1S/C28H30F5N5O7.C27H28F5N5O7.C27H27F5N4O8/c1-10-24(40)13(9-12-16(29)18(31)20(33)19(32)17(12)30)36-25(41)21(37-26(42)22-14(39)5-4-7-34-22)11(2)35-27(43)23(15-6-8-45-15)38(3)28(10)44;1-9-23(39)12(8-11-15(28)17(30)19(32)18(31)16(11)29)35-25(41)20(36-26(42)21-13(38)4-3-6-33-21)10(2)34-27(43)22(37-24(9)40)14-5-7-44-14;1-9-22(38)12(8-11-15(28)17(30)19(32)18(31)16(11)29)35-24(39)20(36-25(40)21-13(37)4-3-6-33-21)10(2)34-26(41)23(44-27(9)42)14-5-7-43-14/h4-5,7,10-11,13,15,21,23-24,39-40H,6,8-9H2,1-3H3,(H,35,43)(H,36,41)(H,37,42);3-4,6,9-10,12,14,20,22-23,38-39H,5,7-8H2,1-2H3,(H,34,43)(H,35,41)(H,36,42)(H,37,40);3-4,6,9-10,12,14,20,22-23,37-38H,5,7-8H2,1-2H3,(H,34,41)(H,35,39)(H,36,40)/t10-,11-,13+,15?,21+,23?,24+;9-,10-,12+,14?,20+,22?,23+;9-,10-,12+,14?,20+,22+,23?/m111/s1. The zero-order valence-electron chi connectivity index (χ0n) is 70.4. The van der Waals surface area contributed by atoms with E-state index >= 15 is 0 Å². The molecule has 21 atom stereocenters. The maximum atomic E-state index is 14.7. The first-order valence-electron chi connectivity index (χ1n) is 40.4. The molecule has 0 bridgehead atoms. The number of nitrogens with zero attached hydrogens (tertiary/aromatic N) is 4. The van der Waals surface area contributed by atoms with Crippen LogP contribution in [0.25, 0.3) is 0 Å². The van der Waals surface area contributed by atoms with Crippen LogP contribution in [0.4, 0.5) is 65.9 Å². The van der Waals surface area contributed by atoms with Crippen LogP contribution in [-0.2, 0) is 81.4 Å². The molecule has 12 rings (SSSR count). The monoisotopic (exact) mass is 1900 g/mol. The lowest BCUT2D eigenvalue weighted by Gasteiger charge is -2.41. The van der Waals surface area contributed by atoms with Crippen molar-refractivity contribution in [3.8, 4) is 17.2 Å². The van der Waals surface area contributed by atoms with Crippen LogP contribution in [0.5, 0.6) is 17.2 Å². The minimum atomic E-state index is -2.43. The van der Waals surface area contributed by atoms with E-state index in [4.69, 9.17) is 18.9 Å². The molecular formula is C82H85F15N14O22. The van der Waals surface area contributed by atoms with Crippen molar-refractivity contribution in [2.24, 2.45) is 17.8 Å². The molecule has 6 fully saturated rings. The summed E-state index contributed by atoms with van der Waals surface area (Å²) < 4.78 is 234. The van der Waals surface area contributed by atoms with Gasteiger partial charge in [0.1, 0.15) is 53.6 Å². The third-order valence-electron chi connectivity index (χ3n) is 22.8. The van der Waals surface area contributed by atoms with E-state index in [0.717, 1.165) is 43.1 Å². The summed E-state index contributed by atoms with van der Waals surface area (Å²) in [6, 6.07) is -10.0. The van der Waals surface area contributed by atoms with E-state index in [1.54, 1.807) is 0 Å². The summed E-state index contributed by atoms with van der Waals surface area (Å²) in [5.74, 6) is -53.0. The molecule has 6 aliphatic heterocycles. The number of rotatable bonds is 15. The van der Waals surface area contributed by atoms with Crippen LogP contribution in [0, 0.1) is 105 Å². The second-order valence-electron chi connectivity index (χ2n) is 31.6. The van der Waals surface area contributed by atoms with Crippen LogP contribution in [0.15, 0.2) is 55.0 Å². The number of hydrogen-bond acceptors (Lipinski definition) is 25. The molecule has 51 heteroatoms.